The number of carbonyl (C=O) groups excluding carboxylic acids is 4. The third kappa shape index (κ3) is 4.35. The number of amides is 4. The zero-order chi connectivity index (χ0) is 19.6. The van der Waals surface area contributed by atoms with Gasteiger partial charge in [0.15, 0.2) is 5.78 Å². The van der Waals surface area contributed by atoms with E-state index in [0.29, 0.717) is 21.2 Å². The molecule has 1 saturated heterocycles. The first-order valence-electron chi connectivity index (χ1n) is 8.05. The highest BCUT2D eigenvalue weighted by atomic mass is 35.5. The molecule has 0 aliphatic carbocycles. The lowest BCUT2D eigenvalue weighted by Gasteiger charge is -2.28. The van der Waals surface area contributed by atoms with Crippen LogP contribution in [-0.4, -0.2) is 23.6 Å². The van der Waals surface area contributed by atoms with E-state index in [1.54, 1.807) is 48.5 Å². The number of nitrogens with one attached hydrogen (secondary N) is 2. The Bertz CT molecular complexity index is 890. The number of hydrogen-bond acceptors (Lipinski definition) is 4. The summed E-state index contributed by atoms with van der Waals surface area (Å²) in [4.78, 5) is 48.7. The van der Waals surface area contributed by atoms with E-state index in [9.17, 15) is 19.2 Å². The molecular weight excluding hydrogens is 391 g/mol. The summed E-state index contributed by atoms with van der Waals surface area (Å²) in [5.74, 6) is -3.73. The molecule has 1 fully saturated rings. The Kier molecular flexibility index (Phi) is 5.58. The zero-order valence-electron chi connectivity index (χ0n) is 13.9. The molecule has 27 heavy (non-hydrogen) atoms. The van der Waals surface area contributed by atoms with E-state index in [0.717, 1.165) is 0 Å². The van der Waals surface area contributed by atoms with Gasteiger partial charge in [-0.05, 0) is 42.0 Å². The van der Waals surface area contributed by atoms with Gasteiger partial charge in [0.1, 0.15) is 5.92 Å². The van der Waals surface area contributed by atoms with E-state index < -0.39 is 29.7 Å². The van der Waals surface area contributed by atoms with Crippen molar-refractivity contribution in [2.75, 3.05) is 0 Å². The summed E-state index contributed by atoms with van der Waals surface area (Å²) in [5.41, 5.74) is 0.998. The molecule has 1 aliphatic rings. The van der Waals surface area contributed by atoms with Crippen LogP contribution < -0.4 is 10.6 Å². The molecule has 6 nitrogen and oxygen atoms in total. The number of rotatable bonds is 5. The van der Waals surface area contributed by atoms with Gasteiger partial charge in [0.2, 0.25) is 11.8 Å². The van der Waals surface area contributed by atoms with Crippen LogP contribution in [-0.2, 0) is 9.59 Å². The average molecular weight is 405 g/mol. The summed E-state index contributed by atoms with van der Waals surface area (Å²) >= 11 is 11.8. The monoisotopic (exact) mass is 404 g/mol. The SMILES string of the molecule is O=C1NC(=O)C([C@H](CC(=O)c2ccc(Cl)cc2)c2ccc(Cl)cc2)C(=O)N1. The van der Waals surface area contributed by atoms with Crippen molar-refractivity contribution in [3.05, 3.63) is 69.7 Å². The molecule has 2 aromatic rings. The molecule has 1 atom stereocenters. The maximum Gasteiger partial charge on any atom is 0.328 e. The molecule has 1 aliphatic heterocycles. The van der Waals surface area contributed by atoms with Crippen molar-refractivity contribution in [3.8, 4) is 0 Å². The van der Waals surface area contributed by atoms with Gasteiger partial charge in [0.05, 0.1) is 0 Å². The van der Waals surface area contributed by atoms with Gasteiger partial charge >= 0.3 is 6.03 Å². The zero-order valence-corrected chi connectivity index (χ0v) is 15.4. The molecule has 4 amide bonds. The van der Waals surface area contributed by atoms with Crippen LogP contribution in [0, 0.1) is 5.92 Å². The number of urea groups is 1. The van der Waals surface area contributed by atoms with Crippen molar-refractivity contribution >= 4 is 46.8 Å². The molecule has 0 saturated carbocycles. The van der Waals surface area contributed by atoms with E-state index in [-0.39, 0.29) is 12.2 Å². The Morgan fingerprint density at radius 2 is 1.33 bits per heavy atom. The first kappa shape index (κ1) is 19.1. The fourth-order valence-electron chi connectivity index (χ4n) is 2.99. The highest BCUT2D eigenvalue weighted by Gasteiger charge is 2.41. The Morgan fingerprint density at radius 3 is 1.85 bits per heavy atom. The first-order chi connectivity index (χ1) is 12.8. The summed E-state index contributed by atoms with van der Waals surface area (Å²) in [7, 11) is 0. The molecule has 2 aromatic carbocycles. The minimum atomic E-state index is -1.22. The number of carbonyl (C=O) groups is 4. The summed E-state index contributed by atoms with van der Waals surface area (Å²) in [6.07, 6.45) is -0.108. The van der Waals surface area contributed by atoms with E-state index >= 15 is 0 Å². The number of ketones is 1. The average Bonchev–Trinajstić information content (AvgIpc) is 2.61. The molecule has 0 bridgehead atoms. The topological polar surface area (TPSA) is 92.3 Å². The maximum absolute atomic E-state index is 12.7. The van der Waals surface area contributed by atoms with Gasteiger partial charge in [0, 0.05) is 27.9 Å². The fourth-order valence-corrected chi connectivity index (χ4v) is 3.24. The van der Waals surface area contributed by atoms with Gasteiger partial charge in [-0.25, -0.2) is 4.79 Å². The Hall–Kier alpha value is -2.70. The third-order valence-corrected chi connectivity index (χ3v) is 4.81. The van der Waals surface area contributed by atoms with Crippen LogP contribution in [0.2, 0.25) is 10.0 Å². The largest absolute Gasteiger partial charge is 0.328 e. The van der Waals surface area contributed by atoms with Crippen LogP contribution in [0.1, 0.15) is 28.3 Å². The number of barbiturate groups is 1. The van der Waals surface area contributed by atoms with Crippen LogP contribution in [0.3, 0.4) is 0 Å². The normalized spacial score (nSPS) is 15.9. The molecule has 0 aromatic heterocycles. The third-order valence-electron chi connectivity index (χ3n) is 4.31. The van der Waals surface area contributed by atoms with Gasteiger partial charge < -0.3 is 0 Å². The molecule has 8 heteroatoms. The van der Waals surface area contributed by atoms with Crippen LogP contribution in [0.25, 0.3) is 0 Å². The lowest BCUT2D eigenvalue weighted by Crippen LogP contribution is -2.57. The predicted octanol–water partition coefficient (Wildman–Crippen LogP) is 3.33. The Morgan fingerprint density at radius 1 is 0.852 bits per heavy atom. The molecule has 0 unspecified atom stereocenters. The van der Waals surface area contributed by atoms with E-state index in [2.05, 4.69) is 10.6 Å². The summed E-state index contributed by atoms with van der Waals surface area (Å²) in [6.45, 7) is 0. The van der Waals surface area contributed by atoms with Gasteiger partial charge in [0.25, 0.3) is 0 Å². The number of benzene rings is 2. The van der Waals surface area contributed by atoms with Crippen LogP contribution >= 0.6 is 23.2 Å². The van der Waals surface area contributed by atoms with Crippen molar-refractivity contribution in [2.45, 2.75) is 12.3 Å². The fraction of sp³-hybridized carbons (Fsp3) is 0.158. The summed E-state index contributed by atoms with van der Waals surface area (Å²) in [6, 6.07) is 12.0. The van der Waals surface area contributed by atoms with Gasteiger partial charge in [-0.3, -0.25) is 25.0 Å². The summed E-state index contributed by atoms with van der Waals surface area (Å²) < 4.78 is 0. The van der Waals surface area contributed by atoms with Crippen molar-refractivity contribution in [1.29, 1.82) is 0 Å². The molecular formula is C19H14Cl2N2O4. The standard InChI is InChI=1S/C19H14Cl2N2O4/c20-12-5-1-10(2-6-12)14(16-17(25)22-19(27)23-18(16)26)9-15(24)11-3-7-13(21)8-4-11/h1-8,14,16H,9H2,(H2,22,23,25,26,27)/t14-/m1/s1. The van der Waals surface area contributed by atoms with E-state index in [4.69, 9.17) is 23.2 Å². The van der Waals surface area contributed by atoms with Gasteiger partial charge in [-0.1, -0.05) is 35.3 Å². The number of hydrogen-bond donors (Lipinski definition) is 2. The highest BCUT2D eigenvalue weighted by Crippen LogP contribution is 2.32. The lowest BCUT2D eigenvalue weighted by molar-refractivity contribution is -0.136. The number of imide groups is 2. The van der Waals surface area contributed by atoms with E-state index in [1.165, 1.54) is 0 Å². The van der Waals surface area contributed by atoms with Crippen molar-refractivity contribution in [2.24, 2.45) is 5.92 Å². The summed E-state index contributed by atoms with van der Waals surface area (Å²) in [5, 5.41) is 5.13. The van der Waals surface area contributed by atoms with E-state index in [1.807, 2.05) is 0 Å². The smallest absolute Gasteiger partial charge is 0.294 e. The second-order valence-electron chi connectivity index (χ2n) is 6.08. The van der Waals surface area contributed by atoms with Crippen molar-refractivity contribution in [1.82, 2.24) is 10.6 Å². The molecule has 0 radical (unpaired) electrons. The second-order valence-corrected chi connectivity index (χ2v) is 6.95. The Labute approximate surface area is 164 Å². The molecule has 2 N–H and O–H groups in total. The molecule has 1 heterocycles. The minimum Gasteiger partial charge on any atom is -0.294 e. The molecule has 138 valence electrons. The molecule has 0 spiro atoms. The predicted molar refractivity (Wildman–Crippen MR) is 99.8 cm³/mol. The van der Waals surface area contributed by atoms with Gasteiger partial charge in [-0.15, -0.1) is 0 Å². The van der Waals surface area contributed by atoms with Gasteiger partial charge in [-0.2, -0.15) is 0 Å². The number of Topliss-reactive ketones (excluding diaryl/α,β-unsaturated/α-hetero) is 1. The Balaban J connectivity index is 1.94. The second kappa shape index (κ2) is 7.90. The van der Waals surface area contributed by atoms with Crippen LogP contribution in [0.4, 0.5) is 4.79 Å². The first-order valence-corrected chi connectivity index (χ1v) is 8.80. The minimum absolute atomic E-state index is 0.108. The van der Waals surface area contributed by atoms with Crippen molar-refractivity contribution in [3.63, 3.8) is 0 Å². The molecule has 3 rings (SSSR count). The number of halogens is 2. The van der Waals surface area contributed by atoms with Crippen molar-refractivity contribution < 1.29 is 19.2 Å². The van der Waals surface area contributed by atoms with Crippen LogP contribution in [0.15, 0.2) is 48.5 Å². The maximum atomic E-state index is 12.7. The highest BCUT2D eigenvalue weighted by molar-refractivity contribution is 6.31. The quantitative estimate of drug-likeness (QED) is 0.590. The lowest BCUT2D eigenvalue weighted by atomic mass is 9.79. The van der Waals surface area contributed by atoms with Crippen LogP contribution in [0.5, 0.6) is 0 Å².